The van der Waals surface area contributed by atoms with Crippen molar-refractivity contribution in [3.63, 3.8) is 0 Å². The monoisotopic (exact) mass is 147 g/mol. The molecule has 1 aromatic carbocycles. The molecule has 1 nitrogen and oxygen atoms in total. The molecule has 0 aliphatic heterocycles. The highest BCUT2D eigenvalue weighted by Crippen LogP contribution is 2.26. The lowest BCUT2D eigenvalue weighted by Crippen LogP contribution is -1.85. The number of hydrogen-bond acceptors (Lipinski definition) is 1. The molecule has 0 saturated heterocycles. The molecule has 0 amide bonds. The first-order valence-corrected chi connectivity index (χ1v) is 3.90. The quantitative estimate of drug-likeness (QED) is 0.591. The lowest BCUT2D eigenvalue weighted by atomic mass is 10.1. The third-order valence-electron chi connectivity index (χ3n) is 2.13. The molecule has 11 heavy (non-hydrogen) atoms. The van der Waals surface area contributed by atoms with Crippen LogP contribution in [0.2, 0.25) is 0 Å². The fourth-order valence-electron chi connectivity index (χ4n) is 1.50. The predicted molar refractivity (Wildman–Crippen MR) is 44.7 cm³/mol. The van der Waals surface area contributed by atoms with Gasteiger partial charge >= 0.3 is 0 Å². The minimum absolute atomic E-state index is 0.960. The van der Waals surface area contributed by atoms with E-state index in [2.05, 4.69) is 18.6 Å². The van der Waals surface area contributed by atoms with Crippen LogP contribution in [-0.4, -0.2) is 7.11 Å². The molecule has 1 aromatic rings. The fraction of sp³-hybridized carbons (Fsp3) is 0.300. The molecule has 0 N–H and O–H groups in total. The summed E-state index contributed by atoms with van der Waals surface area (Å²) < 4.78 is 5.12. The first-order valence-electron chi connectivity index (χ1n) is 3.90. The predicted octanol–water partition coefficient (Wildman–Crippen LogP) is 2.19. The second-order valence-corrected chi connectivity index (χ2v) is 2.81. The first kappa shape index (κ1) is 6.71. The lowest BCUT2D eigenvalue weighted by molar-refractivity contribution is 0.414. The molecule has 0 atom stereocenters. The molecule has 0 saturated carbocycles. The maximum atomic E-state index is 5.12. The molecule has 0 aromatic heterocycles. The molecule has 1 aliphatic carbocycles. The minimum atomic E-state index is 0.960. The van der Waals surface area contributed by atoms with Crippen molar-refractivity contribution in [3.05, 3.63) is 35.7 Å². The third-order valence-corrected chi connectivity index (χ3v) is 2.13. The Balaban J connectivity index is 2.41. The van der Waals surface area contributed by atoms with Crippen LogP contribution in [0.15, 0.2) is 18.2 Å². The summed E-state index contributed by atoms with van der Waals surface area (Å²) in [5.41, 5.74) is 2.80. The number of benzene rings is 1. The van der Waals surface area contributed by atoms with Crippen molar-refractivity contribution < 1.29 is 4.74 Å². The standard InChI is InChI=1S/C10H11O/c1-11-10-6-5-8-3-2-4-9(8)7-10/h4-7H,2-3H2,1H3. The van der Waals surface area contributed by atoms with Crippen LogP contribution in [0.4, 0.5) is 0 Å². The van der Waals surface area contributed by atoms with E-state index < -0.39 is 0 Å². The summed E-state index contributed by atoms with van der Waals surface area (Å²) in [7, 11) is 1.71. The highest BCUT2D eigenvalue weighted by molar-refractivity contribution is 5.43. The van der Waals surface area contributed by atoms with E-state index in [4.69, 9.17) is 4.74 Å². The van der Waals surface area contributed by atoms with Crippen molar-refractivity contribution in [1.29, 1.82) is 0 Å². The van der Waals surface area contributed by atoms with E-state index in [9.17, 15) is 0 Å². The molecule has 0 spiro atoms. The zero-order chi connectivity index (χ0) is 7.68. The van der Waals surface area contributed by atoms with Gasteiger partial charge in [0.25, 0.3) is 0 Å². The molecule has 1 heteroatoms. The number of hydrogen-bond donors (Lipinski definition) is 0. The SMILES string of the molecule is COc1ccc2c(c1)[CH]CC2. The van der Waals surface area contributed by atoms with Gasteiger partial charge in [0, 0.05) is 0 Å². The Morgan fingerprint density at radius 3 is 3.09 bits per heavy atom. The maximum Gasteiger partial charge on any atom is 0.119 e. The molecule has 0 fully saturated rings. The Morgan fingerprint density at radius 1 is 1.36 bits per heavy atom. The van der Waals surface area contributed by atoms with Gasteiger partial charge in [0.05, 0.1) is 7.11 Å². The topological polar surface area (TPSA) is 9.23 Å². The summed E-state index contributed by atoms with van der Waals surface area (Å²) in [6.45, 7) is 0. The van der Waals surface area contributed by atoms with Crippen LogP contribution >= 0.6 is 0 Å². The Bertz CT molecular complexity index is 266. The molecule has 1 aliphatic rings. The second-order valence-electron chi connectivity index (χ2n) is 2.81. The highest BCUT2D eigenvalue weighted by Gasteiger charge is 2.10. The largest absolute Gasteiger partial charge is 0.497 e. The Labute approximate surface area is 67.0 Å². The zero-order valence-electron chi connectivity index (χ0n) is 6.63. The van der Waals surface area contributed by atoms with Crippen LogP contribution < -0.4 is 4.74 Å². The van der Waals surface area contributed by atoms with Gasteiger partial charge < -0.3 is 4.74 Å². The minimum Gasteiger partial charge on any atom is -0.497 e. The zero-order valence-corrected chi connectivity index (χ0v) is 6.63. The van der Waals surface area contributed by atoms with Gasteiger partial charge in [0.1, 0.15) is 5.75 Å². The maximum absolute atomic E-state index is 5.12. The first-order chi connectivity index (χ1) is 5.40. The Hall–Kier alpha value is -0.980. The average Bonchev–Trinajstić information content (AvgIpc) is 2.50. The van der Waals surface area contributed by atoms with Crippen LogP contribution in [0.1, 0.15) is 17.5 Å². The summed E-state index contributed by atoms with van der Waals surface area (Å²) in [6.07, 6.45) is 4.64. The van der Waals surface area contributed by atoms with E-state index in [1.54, 1.807) is 7.11 Å². The van der Waals surface area contributed by atoms with Crippen molar-refractivity contribution in [2.45, 2.75) is 12.8 Å². The van der Waals surface area contributed by atoms with E-state index in [0.717, 1.165) is 5.75 Å². The van der Waals surface area contributed by atoms with Gasteiger partial charge in [0.2, 0.25) is 0 Å². The normalized spacial score (nSPS) is 14.6. The summed E-state index contributed by atoms with van der Waals surface area (Å²) in [4.78, 5) is 0. The van der Waals surface area contributed by atoms with E-state index in [-0.39, 0.29) is 0 Å². The van der Waals surface area contributed by atoms with Gasteiger partial charge in [-0.15, -0.1) is 0 Å². The molecular weight excluding hydrogens is 136 g/mol. The molecule has 0 heterocycles. The molecule has 2 rings (SSSR count). The van der Waals surface area contributed by atoms with Gasteiger partial charge in [-0.25, -0.2) is 0 Å². The summed E-state index contributed by atoms with van der Waals surface area (Å²) >= 11 is 0. The number of aryl methyl sites for hydroxylation is 1. The van der Waals surface area contributed by atoms with E-state index in [1.165, 1.54) is 24.0 Å². The van der Waals surface area contributed by atoms with Crippen molar-refractivity contribution in [3.8, 4) is 5.75 Å². The number of methoxy groups -OCH3 is 1. The van der Waals surface area contributed by atoms with Gasteiger partial charge in [-0.3, -0.25) is 0 Å². The van der Waals surface area contributed by atoms with Crippen LogP contribution in [0.3, 0.4) is 0 Å². The summed E-state index contributed by atoms with van der Waals surface area (Å²) in [6, 6.07) is 6.28. The summed E-state index contributed by atoms with van der Waals surface area (Å²) in [5, 5.41) is 0. The number of fused-ring (bicyclic) bond motifs is 1. The second kappa shape index (κ2) is 2.57. The molecule has 57 valence electrons. The third kappa shape index (κ3) is 1.11. The van der Waals surface area contributed by atoms with Crippen molar-refractivity contribution in [2.75, 3.05) is 7.11 Å². The van der Waals surface area contributed by atoms with E-state index in [0.29, 0.717) is 0 Å². The van der Waals surface area contributed by atoms with E-state index in [1.807, 2.05) is 6.07 Å². The number of rotatable bonds is 1. The Kier molecular flexibility index (Phi) is 1.57. The molecule has 0 unspecified atom stereocenters. The van der Waals surface area contributed by atoms with Gasteiger partial charge in [-0.05, 0) is 42.5 Å². The average molecular weight is 147 g/mol. The van der Waals surface area contributed by atoms with Gasteiger partial charge in [0.15, 0.2) is 0 Å². The Morgan fingerprint density at radius 2 is 2.27 bits per heavy atom. The highest BCUT2D eigenvalue weighted by atomic mass is 16.5. The van der Waals surface area contributed by atoms with Crippen LogP contribution in [0.5, 0.6) is 5.75 Å². The van der Waals surface area contributed by atoms with Gasteiger partial charge in [-0.1, -0.05) is 6.07 Å². The smallest absolute Gasteiger partial charge is 0.119 e. The van der Waals surface area contributed by atoms with Crippen LogP contribution in [0, 0.1) is 6.42 Å². The van der Waals surface area contributed by atoms with Crippen LogP contribution in [-0.2, 0) is 6.42 Å². The fourth-order valence-corrected chi connectivity index (χ4v) is 1.50. The van der Waals surface area contributed by atoms with Crippen molar-refractivity contribution >= 4 is 0 Å². The van der Waals surface area contributed by atoms with Crippen molar-refractivity contribution in [1.82, 2.24) is 0 Å². The van der Waals surface area contributed by atoms with Crippen LogP contribution in [0.25, 0.3) is 0 Å². The molecule has 1 radical (unpaired) electrons. The number of ether oxygens (including phenoxy) is 1. The molecular formula is C10H11O. The van der Waals surface area contributed by atoms with E-state index >= 15 is 0 Å². The molecule has 0 bridgehead atoms. The van der Waals surface area contributed by atoms with Crippen molar-refractivity contribution in [2.24, 2.45) is 0 Å². The summed E-state index contributed by atoms with van der Waals surface area (Å²) in [5.74, 6) is 0.960. The van der Waals surface area contributed by atoms with Gasteiger partial charge in [-0.2, -0.15) is 0 Å². The lowest BCUT2D eigenvalue weighted by Gasteiger charge is -2.02.